The minimum atomic E-state index is -0.476. The summed E-state index contributed by atoms with van der Waals surface area (Å²) in [6.07, 6.45) is 2.06. The molecule has 0 amide bonds. The van der Waals surface area contributed by atoms with Crippen LogP contribution in [0.3, 0.4) is 0 Å². The summed E-state index contributed by atoms with van der Waals surface area (Å²) >= 11 is 0. The summed E-state index contributed by atoms with van der Waals surface area (Å²) in [5, 5.41) is 1.04. The number of hydrogen-bond acceptors (Lipinski definition) is 3. The van der Waals surface area contributed by atoms with Crippen molar-refractivity contribution in [1.82, 2.24) is 4.98 Å². The smallest absolute Gasteiger partial charge is 0.164 e. The van der Waals surface area contributed by atoms with E-state index in [1.54, 1.807) is 6.20 Å². The fraction of sp³-hybridized carbons (Fsp3) is 0.286. The average Bonchev–Trinajstić information content (AvgIpc) is 2.26. The lowest BCUT2D eigenvalue weighted by atomic mass is 9.95. The molecule has 0 radical (unpaired) electrons. The number of fused-ring (bicyclic) bond motifs is 1. The van der Waals surface area contributed by atoms with Crippen molar-refractivity contribution in [2.24, 2.45) is 5.73 Å². The van der Waals surface area contributed by atoms with Crippen LogP contribution in [0.25, 0.3) is 10.9 Å². The Morgan fingerprint density at radius 1 is 1.35 bits per heavy atom. The molecule has 0 aliphatic carbocycles. The Kier molecular flexibility index (Phi) is 2.94. The predicted molar refractivity (Wildman–Crippen MR) is 69.0 cm³/mol. The van der Waals surface area contributed by atoms with Gasteiger partial charge in [-0.3, -0.25) is 9.78 Å². The van der Waals surface area contributed by atoms with E-state index >= 15 is 0 Å². The van der Waals surface area contributed by atoms with Crippen LogP contribution in [0.2, 0.25) is 0 Å². The number of Topliss-reactive ketones (excluding diaryl/α,β-unsaturated/α-hetero) is 1. The molecule has 1 aromatic carbocycles. The molecule has 0 aliphatic rings. The van der Waals surface area contributed by atoms with Gasteiger partial charge in [-0.25, -0.2) is 0 Å². The molecule has 0 saturated carbocycles. The van der Waals surface area contributed by atoms with Gasteiger partial charge in [0.15, 0.2) is 5.78 Å². The molecular weight excluding hydrogens is 212 g/mol. The lowest BCUT2D eigenvalue weighted by Crippen LogP contribution is -2.34. The number of nitrogens with two attached hydrogens (primary N) is 1. The number of benzene rings is 1. The van der Waals surface area contributed by atoms with E-state index in [0.29, 0.717) is 12.0 Å². The van der Waals surface area contributed by atoms with Crippen LogP contribution < -0.4 is 5.73 Å². The molecule has 1 heterocycles. The highest BCUT2D eigenvalue weighted by Gasteiger charge is 2.17. The number of pyridine rings is 1. The van der Waals surface area contributed by atoms with Crippen molar-refractivity contribution in [1.29, 1.82) is 0 Å². The van der Waals surface area contributed by atoms with E-state index in [2.05, 4.69) is 4.98 Å². The van der Waals surface area contributed by atoms with Crippen molar-refractivity contribution in [3.63, 3.8) is 0 Å². The molecule has 0 aliphatic heterocycles. The van der Waals surface area contributed by atoms with Crippen molar-refractivity contribution < 1.29 is 4.79 Å². The van der Waals surface area contributed by atoms with Crippen molar-refractivity contribution >= 4 is 16.7 Å². The molecule has 2 rings (SSSR count). The maximum absolute atomic E-state index is 12.0. The van der Waals surface area contributed by atoms with Crippen molar-refractivity contribution in [3.8, 4) is 0 Å². The second-order valence-electron chi connectivity index (χ2n) is 5.00. The molecular formula is C14H16N2O. The van der Waals surface area contributed by atoms with Crippen LogP contribution in [0.4, 0.5) is 0 Å². The summed E-state index contributed by atoms with van der Waals surface area (Å²) in [5.41, 5.74) is 6.89. The monoisotopic (exact) mass is 228 g/mol. The number of nitrogens with zero attached hydrogens (tertiary/aromatic N) is 1. The molecule has 0 spiro atoms. The lowest BCUT2D eigenvalue weighted by Gasteiger charge is -2.17. The predicted octanol–water partition coefficient (Wildman–Crippen LogP) is 2.54. The number of hydrogen-bond donors (Lipinski definition) is 1. The Labute approximate surface area is 101 Å². The molecule has 17 heavy (non-hydrogen) atoms. The third-order valence-corrected chi connectivity index (χ3v) is 2.54. The summed E-state index contributed by atoms with van der Waals surface area (Å²) in [6.45, 7) is 3.70. The Morgan fingerprint density at radius 3 is 2.82 bits per heavy atom. The molecule has 0 unspecified atom stereocenters. The summed E-state index contributed by atoms with van der Waals surface area (Å²) in [6, 6.07) is 9.43. The molecule has 2 N–H and O–H groups in total. The van der Waals surface area contributed by atoms with E-state index in [-0.39, 0.29) is 5.78 Å². The second-order valence-corrected chi connectivity index (χ2v) is 5.00. The van der Waals surface area contributed by atoms with E-state index in [4.69, 9.17) is 5.73 Å². The van der Waals surface area contributed by atoms with Crippen LogP contribution in [0.5, 0.6) is 0 Å². The highest BCUT2D eigenvalue weighted by Crippen LogP contribution is 2.16. The lowest BCUT2D eigenvalue weighted by molar-refractivity contribution is 0.0960. The molecule has 3 heteroatoms. The van der Waals surface area contributed by atoms with Crippen LogP contribution in [-0.4, -0.2) is 16.3 Å². The van der Waals surface area contributed by atoms with Crippen LogP contribution in [0, 0.1) is 0 Å². The van der Waals surface area contributed by atoms with Gasteiger partial charge in [0, 0.05) is 29.1 Å². The molecule has 0 saturated heterocycles. The van der Waals surface area contributed by atoms with E-state index in [9.17, 15) is 4.79 Å². The normalized spacial score (nSPS) is 11.7. The van der Waals surface area contributed by atoms with Gasteiger partial charge in [-0.15, -0.1) is 0 Å². The standard InChI is InChI=1S/C14H16N2O/c1-14(2,15)9-13(17)11-6-5-10-4-3-7-16-12(10)8-11/h3-8H,9,15H2,1-2H3. The first-order valence-corrected chi connectivity index (χ1v) is 5.63. The van der Waals surface area contributed by atoms with E-state index in [1.165, 1.54) is 0 Å². The molecule has 0 fully saturated rings. The Hall–Kier alpha value is -1.74. The molecule has 3 nitrogen and oxygen atoms in total. The number of carbonyl (C=O) groups is 1. The summed E-state index contributed by atoms with van der Waals surface area (Å²) < 4.78 is 0. The molecule has 2 aromatic rings. The maximum Gasteiger partial charge on any atom is 0.164 e. The minimum absolute atomic E-state index is 0.0602. The molecule has 0 atom stereocenters. The molecule has 88 valence electrons. The second kappa shape index (κ2) is 4.26. The first-order chi connectivity index (χ1) is 7.96. The van der Waals surface area contributed by atoms with Gasteiger partial charge in [0.25, 0.3) is 0 Å². The zero-order valence-corrected chi connectivity index (χ0v) is 10.1. The quantitative estimate of drug-likeness (QED) is 0.821. The van der Waals surface area contributed by atoms with Crippen molar-refractivity contribution in [2.45, 2.75) is 25.8 Å². The highest BCUT2D eigenvalue weighted by molar-refractivity contribution is 5.99. The van der Waals surface area contributed by atoms with E-state index in [0.717, 1.165) is 10.9 Å². The maximum atomic E-state index is 12.0. The average molecular weight is 228 g/mol. The van der Waals surface area contributed by atoms with Gasteiger partial charge < -0.3 is 5.73 Å². The number of rotatable bonds is 3. The van der Waals surface area contributed by atoms with Crippen molar-refractivity contribution in [2.75, 3.05) is 0 Å². The van der Waals surface area contributed by atoms with Gasteiger partial charge in [0.1, 0.15) is 0 Å². The van der Waals surface area contributed by atoms with E-state index in [1.807, 2.05) is 44.2 Å². The fourth-order valence-corrected chi connectivity index (χ4v) is 1.76. The van der Waals surface area contributed by atoms with Crippen LogP contribution >= 0.6 is 0 Å². The number of carbonyl (C=O) groups excluding carboxylic acids is 1. The van der Waals surface area contributed by atoms with Gasteiger partial charge in [-0.2, -0.15) is 0 Å². The third-order valence-electron chi connectivity index (χ3n) is 2.54. The van der Waals surface area contributed by atoms with Gasteiger partial charge in [0.2, 0.25) is 0 Å². The van der Waals surface area contributed by atoms with Crippen LogP contribution in [0.1, 0.15) is 30.6 Å². The Bertz CT molecular complexity index is 555. The van der Waals surface area contributed by atoms with Crippen LogP contribution in [-0.2, 0) is 0 Å². The van der Waals surface area contributed by atoms with Gasteiger partial charge >= 0.3 is 0 Å². The largest absolute Gasteiger partial charge is 0.325 e. The first-order valence-electron chi connectivity index (χ1n) is 5.63. The highest BCUT2D eigenvalue weighted by atomic mass is 16.1. The molecule has 0 bridgehead atoms. The fourth-order valence-electron chi connectivity index (χ4n) is 1.76. The van der Waals surface area contributed by atoms with E-state index < -0.39 is 5.54 Å². The van der Waals surface area contributed by atoms with Crippen molar-refractivity contribution in [3.05, 3.63) is 42.1 Å². The molecule has 1 aromatic heterocycles. The van der Waals surface area contributed by atoms with Gasteiger partial charge in [-0.05, 0) is 26.0 Å². The van der Waals surface area contributed by atoms with Gasteiger partial charge in [-0.1, -0.05) is 18.2 Å². The first kappa shape index (κ1) is 11.7. The van der Waals surface area contributed by atoms with Crippen LogP contribution in [0.15, 0.2) is 36.5 Å². The Morgan fingerprint density at radius 2 is 2.12 bits per heavy atom. The summed E-state index contributed by atoms with van der Waals surface area (Å²) in [5.74, 6) is 0.0602. The minimum Gasteiger partial charge on any atom is -0.325 e. The topological polar surface area (TPSA) is 56.0 Å². The third kappa shape index (κ3) is 2.88. The number of aromatic nitrogens is 1. The SMILES string of the molecule is CC(C)(N)CC(=O)c1ccc2cccnc2c1. The van der Waals surface area contributed by atoms with Gasteiger partial charge in [0.05, 0.1) is 5.52 Å². The zero-order chi connectivity index (χ0) is 12.5. The number of ketones is 1. The zero-order valence-electron chi connectivity index (χ0n) is 10.1. The Balaban J connectivity index is 2.33. The summed E-state index contributed by atoms with van der Waals surface area (Å²) in [7, 11) is 0. The summed E-state index contributed by atoms with van der Waals surface area (Å²) in [4.78, 5) is 16.2.